The molecule has 0 radical (unpaired) electrons. The van der Waals surface area contributed by atoms with Crippen LogP contribution in [0.15, 0.2) is 52.9 Å². The maximum absolute atomic E-state index is 12.5. The average Bonchev–Trinajstić information content (AvgIpc) is 3.55. The number of thiophene rings is 1. The molecule has 166 valence electrons. The van der Waals surface area contributed by atoms with Crippen LogP contribution in [0, 0.1) is 5.92 Å². The van der Waals surface area contributed by atoms with E-state index in [1.54, 1.807) is 29.5 Å². The third-order valence-corrected chi connectivity index (χ3v) is 6.19. The second-order valence-electron chi connectivity index (χ2n) is 7.68. The van der Waals surface area contributed by atoms with Gasteiger partial charge in [-0.2, -0.15) is 5.10 Å². The van der Waals surface area contributed by atoms with Crippen LogP contribution in [0.3, 0.4) is 0 Å². The molecular weight excluding hydrogens is 426 g/mol. The van der Waals surface area contributed by atoms with Gasteiger partial charge in [0.2, 0.25) is 0 Å². The maximum Gasteiger partial charge on any atom is 0.259 e. The highest BCUT2D eigenvalue weighted by molar-refractivity contribution is 7.17. The number of ether oxygens (including phenoxy) is 2. The molecule has 7 nitrogen and oxygen atoms in total. The number of hydrogen-bond acceptors (Lipinski definition) is 6. The Morgan fingerprint density at radius 3 is 2.75 bits per heavy atom. The van der Waals surface area contributed by atoms with Gasteiger partial charge in [0, 0.05) is 26.6 Å². The molecule has 1 saturated carbocycles. The molecule has 0 bridgehead atoms. The number of hydrogen-bond donors (Lipinski definition) is 2. The first-order valence-corrected chi connectivity index (χ1v) is 11.3. The molecule has 8 heteroatoms. The highest BCUT2D eigenvalue weighted by atomic mass is 32.1. The molecule has 1 aromatic heterocycles. The van der Waals surface area contributed by atoms with E-state index in [-0.39, 0.29) is 12.5 Å². The number of hydrazone groups is 1. The summed E-state index contributed by atoms with van der Waals surface area (Å²) in [5.74, 6) is 0.932. The maximum atomic E-state index is 12.5. The Morgan fingerprint density at radius 2 is 1.97 bits per heavy atom. The van der Waals surface area contributed by atoms with Crippen molar-refractivity contribution in [3.8, 4) is 11.5 Å². The Hall–Kier alpha value is -3.39. The smallest absolute Gasteiger partial charge is 0.259 e. The van der Waals surface area contributed by atoms with Crippen LogP contribution in [-0.4, -0.2) is 37.8 Å². The number of nitrogens with zero attached hydrogens (tertiary/aromatic N) is 1. The lowest BCUT2D eigenvalue weighted by Gasteiger charge is -2.12. The Bertz CT molecular complexity index is 1170. The lowest BCUT2D eigenvalue weighted by Crippen LogP contribution is -2.35. The van der Waals surface area contributed by atoms with Gasteiger partial charge in [0.15, 0.2) is 11.5 Å². The van der Waals surface area contributed by atoms with E-state index < -0.39 is 5.91 Å². The number of methoxy groups -OCH3 is 1. The van der Waals surface area contributed by atoms with Crippen molar-refractivity contribution in [2.45, 2.75) is 19.8 Å². The van der Waals surface area contributed by atoms with Crippen LogP contribution >= 0.6 is 11.3 Å². The number of carbonyl (C=O) groups excluding carboxylic acids is 2. The summed E-state index contributed by atoms with van der Waals surface area (Å²) in [5, 5.41) is 9.90. The predicted molar refractivity (Wildman–Crippen MR) is 126 cm³/mol. The van der Waals surface area contributed by atoms with Crippen molar-refractivity contribution in [2.75, 3.05) is 20.3 Å². The van der Waals surface area contributed by atoms with Crippen LogP contribution in [0.2, 0.25) is 0 Å². The molecule has 3 aromatic rings. The highest BCUT2D eigenvalue weighted by Crippen LogP contribution is 2.33. The van der Waals surface area contributed by atoms with Crippen LogP contribution in [0.1, 0.15) is 35.7 Å². The van der Waals surface area contributed by atoms with Crippen molar-refractivity contribution in [1.82, 2.24) is 10.7 Å². The molecule has 32 heavy (non-hydrogen) atoms. The van der Waals surface area contributed by atoms with Gasteiger partial charge >= 0.3 is 0 Å². The van der Waals surface area contributed by atoms with E-state index in [4.69, 9.17) is 9.47 Å². The highest BCUT2D eigenvalue weighted by Gasteiger charge is 2.22. The second-order valence-corrected chi connectivity index (χ2v) is 8.59. The minimum absolute atomic E-state index is 0.192. The molecule has 0 saturated heterocycles. The third kappa shape index (κ3) is 5.26. The van der Waals surface area contributed by atoms with Gasteiger partial charge in [0.05, 0.1) is 26.0 Å². The van der Waals surface area contributed by atoms with Crippen LogP contribution in [0.5, 0.6) is 11.5 Å². The van der Waals surface area contributed by atoms with Crippen molar-refractivity contribution >= 4 is 38.9 Å². The van der Waals surface area contributed by atoms with Gasteiger partial charge in [-0.15, -0.1) is 11.3 Å². The number of carbonyl (C=O) groups is 2. The minimum atomic E-state index is -0.409. The molecule has 0 spiro atoms. The van der Waals surface area contributed by atoms with E-state index in [0.717, 1.165) is 15.6 Å². The number of amides is 2. The van der Waals surface area contributed by atoms with Gasteiger partial charge in [0.25, 0.3) is 11.8 Å². The summed E-state index contributed by atoms with van der Waals surface area (Å²) in [5.41, 5.74) is 4.57. The largest absolute Gasteiger partial charge is 0.493 e. The molecule has 2 N–H and O–H groups in total. The molecule has 0 atom stereocenters. The van der Waals surface area contributed by atoms with E-state index in [1.165, 1.54) is 20.0 Å². The molecule has 1 aliphatic rings. The molecule has 0 aliphatic heterocycles. The SMILES string of the molecule is COc1cc(C(=O)NCC(=O)N/N=C(\C)c2csc3ccccc23)ccc1OCC1CC1. The third-order valence-electron chi connectivity index (χ3n) is 5.23. The lowest BCUT2D eigenvalue weighted by atomic mass is 10.1. The summed E-state index contributed by atoms with van der Waals surface area (Å²) in [6, 6.07) is 13.0. The molecular formula is C24H25N3O4S. The lowest BCUT2D eigenvalue weighted by molar-refractivity contribution is -0.120. The zero-order chi connectivity index (χ0) is 22.5. The summed E-state index contributed by atoms with van der Waals surface area (Å²) in [6.45, 7) is 2.30. The van der Waals surface area contributed by atoms with Crippen LogP contribution in [0.4, 0.5) is 0 Å². The van der Waals surface area contributed by atoms with E-state index in [9.17, 15) is 9.59 Å². The standard InChI is InChI=1S/C24H25N3O4S/c1-15(19-14-32-22-6-4-3-5-18(19)22)26-27-23(28)12-25-24(29)17-9-10-20(21(11-17)30-2)31-13-16-7-8-16/h3-6,9-11,14,16H,7-8,12-13H2,1-2H3,(H,25,29)(H,27,28)/b26-15+. The van der Waals surface area contributed by atoms with E-state index in [2.05, 4.69) is 15.8 Å². The average molecular weight is 452 g/mol. The van der Waals surface area contributed by atoms with E-state index in [0.29, 0.717) is 35.3 Å². The summed E-state index contributed by atoms with van der Waals surface area (Å²) in [7, 11) is 1.53. The molecule has 1 fully saturated rings. The number of nitrogens with one attached hydrogen (secondary N) is 2. The summed E-state index contributed by atoms with van der Waals surface area (Å²) in [6.07, 6.45) is 2.39. The van der Waals surface area contributed by atoms with Crippen molar-refractivity contribution in [2.24, 2.45) is 11.0 Å². The number of rotatable bonds is 9. The summed E-state index contributed by atoms with van der Waals surface area (Å²) in [4.78, 5) is 24.6. The minimum Gasteiger partial charge on any atom is -0.493 e. The summed E-state index contributed by atoms with van der Waals surface area (Å²) < 4.78 is 12.3. The molecule has 2 aromatic carbocycles. The van der Waals surface area contributed by atoms with Crippen molar-refractivity contribution < 1.29 is 19.1 Å². The van der Waals surface area contributed by atoms with Gasteiger partial charge < -0.3 is 14.8 Å². The monoisotopic (exact) mass is 451 g/mol. The Balaban J connectivity index is 1.31. The van der Waals surface area contributed by atoms with Crippen molar-refractivity contribution in [1.29, 1.82) is 0 Å². The zero-order valence-corrected chi connectivity index (χ0v) is 18.8. The van der Waals surface area contributed by atoms with Crippen molar-refractivity contribution in [3.05, 3.63) is 59.0 Å². The van der Waals surface area contributed by atoms with Crippen molar-refractivity contribution in [3.63, 3.8) is 0 Å². The number of fused-ring (bicyclic) bond motifs is 1. The quantitative estimate of drug-likeness (QED) is 0.381. The fourth-order valence-electron chi connectivity index (χ4n) is 3.19. The van der Waals surface area contributed by atoms with E-state index in [1.807, 2.05) is 36.6 Å². The van der Waals surface area contributed by atoms with Gasteiger partial charge in [-0.25, -0.2) is 5.43 Å². The summed E-state index contributed by atoms with van der Waals surface area (Å²) >= 11 is 1.63. The molecule has 1 heterocycles. The van der Waals surface area contributed by atoms with Crippen LogP contribution < -0.4 is 20.2 Å². The molecule has 1 aliphatic carbocycles. The molecule has 0 unspecified atom stereocenters. The Morgan fingerprint density at radius 1 is 1.16 bits per heavy atom. The zero-order valence-electron chi connectivity index (χ0n) is 18.0. The fourth-order valence-corrected chi connectivity index (χ4v) is 4.19. The second kappa shape index (κ2) is 9.82. The van der Waals surface area contributed by atoms with Crippen LogP contribution in [-0.2, 0) is 4.79 Å². The first-order chi connectivity index (χ1) is 15.5. The fraction of sp³-hybridized carbons (Fsp3) is 0.292. The first-order valence-electron chi connectivity index (χ1n) is 10.4. The first kappa shape index (κ1) is 21.8. The van der Waals surface area contributed by atoms with Gasteiger partial charge in [-0.3, -0.25) is 9.59 Å². The molecule has 4 rings (SSSR count). The Labute approximate surface area is 190 Å². The van der Waals surface area contributed by atoms with Gasteiger partial charge in [-0.05, 0) is 49.9 Å². The Kier molecular flexibility index (Phi) is 6.70. The van der Waals surface area contributed by atoms with Gasteiger partial charge in [-0.1, -0.05) is 18.2 Å². The molecule has 2 amide bonds. The van der Waals surface area contributed by atoms with E-state index >= 15 is 0 Å². The topological polar surface area (TPSA) is 89.0 Å². The number of benzene rings is 2. The van der Waals surface area contributed by atoms with Crippen LogP contribution in [0.25, 0.3) is 10.1 Å². The normalized spacial score (nSPS) is 13.6. The van der Waals surface area contributed by atoms with Gasteiger partial charge in [0.1, 0.15) is 0 Å². The predicted octanol–water partition coefficient (Wildman–Crippen LogP) is 3.97.